The molecule has 0 aliphatic carbocycles. The first-order valence-electron chi connectivity index (χ1n) is 11.7. The first kappa shape index (κ1) is 28.4. The van der Waals surface area contributed by atoms with Crippen molar-refractivity contribution in [2.45, 2.75) is 25.6 Å². The lowest BCUT2D eigenvalue weighted by Gasteiger charge is -2.19. The lowest BCUT2D eigenvalue weighted by atomic mass is 10.1. The van der Waals surface area contributed by atoms with Crippen molar-refractivity contribution in [2.24, 2.45) is 0 Å². The number of anilines is 1. The van der Waals surface area contributed by atoms with E-state index in [1.165, 1.54) is 24.5 Å². The fraction of sp³-hybridized carbons (Fsp3) is 0.179. The van der Waals surface area contributed by atoms with Crippen molar-refractivity contribution >= 4 is 35.0 Å². The zero-order valence-corrected chi connectivity index (χ0v) is 21.3. The second-order valence-electron chi connectivity index (χ2n) is 8.32. The lowest BCUT2D eigenvalue weighted by Crippen LogP contribution is -2.51. The minimum absolute atomic E-state index is 0.134. The summed E-state index contributed by atoms with van der Waals surface area (Å²) in [6, 6.07) is 19.6. The van der Waals surface area contributed by atoms with Crippen LogP contribution in [0.5, 0.6) is 0 Å². The maximum Gasteiger partial charge on any atom is 0.268 e. The van der Waals surface area contributed by atoms with Crippen molar-refractivity contribution in [3.05, 3.63) is 100 Å². The number of halogens is 1. The third kappa shape index (κ3) is 8.44. The predicted molar refractivity (Wildman–Crippen MR) is 144 cm³/mol. The molecule has 0 fully saturated rings. The highest BCUT2D eigenvalue weighted by atomic mass is 35.5. The summed E-state index contributed by atoms with van der Waals surface area (Å²) in [6.07, 6.45) is -1.20. The molecule has 0 saturated carbocycles. The van der Waals surface area contributed by atoms with Crippen LogP contribution in [0.2, 0.25) is 5.02 Å². The van der Waals surface area contributed by atoms with E-state index in [1.54, 1.807) is 42.5 Å². The SMILES string of the molecule is C[C@@H](O)[C@H](NC(=O)c1ccc(C#Cc2ccc(NC(=O)CNCc3ccccc3Cl)cc2)cc1)C(=O)NO. The monoisotopic (exact) mass is 534 g/mol. The topological polar surface area (TPSA) is 140 Å². The molecular formula is C28H27ClN4O5. The molecule has 9 nitrogen and oxygen atoms in total. The van der Waals surface area contributed by atoms with Crippen LogP contribution in [0.25, 0.3) is 0 Å². The number of nitrogens with one attached hydrogen (secondary N) is 4. The van der Waals surface area contributed by atoms with E-state index in [9.17, 15) is 19.5 Å². The minimum atomic E-state index is -1.30. The highest BCUT2D eigenvalue weighted by Gasteiger charge is 2.25. The number of hydrogen-bond donors (Lipinski definition) is 6. The summed E-state index contributed by atoms with van der Waals surface area (Å²) in [4.78, 5) is 36.1. The normalized spacial score (nSPS) is 11.9. The minimum Gasteiger partial charge on any atom is -0.391 e. The van der Waals surface area contributed by atoms with Crippen molar-refractivity contribution in [3.63, 3.8) is 0 Å². The summed E-state index contributed by atoms with van der Waals surface area (Å²) < 4.78 is 0. The summed E-state index contributed by atoms with van der Waals surface area (Å²) in [5.74, 6) is 4.32. The predicted octanol–water partition coefficient (Wildman–Crippen LogP) is 2.45. The molecule has 0 aliphatic rings. The largest absolute Gasteiger partial charge is 0.391 e. The third-order valence-electron chi connectivity index (χ3n) is 5.39. The van der Waals surface area contributed by atoms with Gasteiger partial charge < -0.3 is 21.1 Å². The van der Waals surface area contributed by atoms with Crippen LogP contribution >= 0.6 is 11.6 Å². The second-order valence-corrected chi connectivity index (χ2v) is 8.72. The van der Waals surface area contributed by atoms with E-state index in [2.05, 4.69) is 27.8 Å². The Kier molecular flexibility index (Phi) is 10.4. The van der Waals surface area contributed by atoms with Crippen LogP contribution in [0.1, 0.15) is 34.0 Å². The molecule has 0 aromatic heterocycles. The Morgan fingerprint density at radius 1 is 0.921 bits per heavy atom. The van der Waals surface area contributed by atoms with Crippen LogP contribution in [0.3, 0.4) is 0 Å². The third-order valence-corrected chi connectivity index (χ3v) is 5.76. The molecule has 0 heterocycles. The Morgan fingerprint density at radius 2 is 1.53 bits per heavy atom. The summed E-state index contributed by atoms with van der Waals surface area (Å²) >= 11 is 6.11. The summed E-state index contributed by atoms with van der Waals surface area (Å²) in [5.41, 5.74) is 4.62. The number of benzene rings is 3. The van der Waals surface area contributed by atoms with Gasteiger partial charge in [-0.05, 0) is 67.1 Å². The molecule has 10 heteroatoms. The van der Waals surface area contributed by atoms with Crippen molar-refractivity contribution in [1.29, 1.82) is 0 Å². The number of aliphatic hydroxyl groups excluding tert-OH is 1. The number of hydroxylamine groups is 1. The van der Waals surface area contributed by atoms with E-state index >= 15 is 0 Å². The molecular weight excluding hydrogens is 508 g/mol. The number of aliphatic hydroxyl groups is 1. The standard InChI is InChI=1S/C28H27ClN4O5/c1-18(34)26(28(37)33-38)32-27(36)21-12-8-19(9-13-21)6-7-20-10-14-23(15-11-20)31-25(35)17-30-16-22-4-2-3-5-24(22)29/h2-5,8-15,18,26,30,34,38H,16-17H2,1H3,(H,31,35)(H,32,36)(H,33,37)/t18-,26+/m1/s1. The van der Waals surface area contributed by atoms with Crippen LogP contribution in [0, 0.1) is 11.8 Å². The van der Waals surface area contributed by atoms with Crippen molar-refractivity contribution < 1.29 is 24.7 Å². The van der Waals surface area contributed by atoms with E-state index in [0.29, 0.717) is 22.8 Å². The summed E-state index contributed by atoms with van der Waals surface area (Å²) in [6.45, 7) is 1.94. The maximum absolute atomic E-state index is 12.4. The zero-order valence-electron chi connectivity index (χ0n) is 20.5. The van der Waals surface area contributed by atoms with Crippen LogP contribution in [0.4, 0.5) is 5.69 Å². The van der Waals surface area contributed by atoms with Gasteiger partial charge in [0.1, 0.15) is 6.04 Å². The number of carbonyl (C=O) groups is 3. The molecule has 0 saturated heterocycles. The Balaban J connectivity index is 1.51. The van der Waals surface area contributed by atoms with Gasteiger partial charge in [0.05, 0.1) is 12.6 Å². The highest BCUT2D eigenvalue weighted by molar-refractivity contribution is 6.31. The molecule has 3 rings (SSSR count). The van der Waals surface area contributed by atoms with Gasteiger partial charge in [-0.1, -0.05) is 41.6 Å². The van der Waals surface area contributed by atoms with Crippen molar-refractivity contribution in [1.82, 2.24) is 16.1 Å². The van der Waals surface area contributed by atoms with E-state index in [0.717, 1.165) is 11.1 Å². The average molecular weight is 535 g/mol. The molecule has 196 valence electrons. The van der Waals surface area contributed by atoms with Crippen LogP contribution in [0.15, 0.2) is 72.8 Å². The molecule has 0 aliphatic heterocycles. The van der Waals surface area contributed by atoms with Crippen LogP contribution in [-0.4, -0.2) is 46.7 Å². The van der Waals surface area contributed by atoms with Crippen molar-refractivity contribution in [2.75, 3.05) is 11.9 Å². The number of carbonyl (C=O) groups excluding carboxylic acids is 3. The van der Waals surface area contributed by atoms with Gasteiger partial charge in [-0.15, -0.1) is 0 Å². The zero-order chi connectivity index (χ0) is 27.5. The molecule has 0 radical (unpaired) electrons. The molecule has 0 bridgehead atoms. The molecule has 3 aromatic rings. The smallest absolute Gasteiger partial charge is 0.268 e. The highest BCUT2D eigenvalue weighted by Crippen LogP contribution is 2.14. The van der Waals surface area contributed by atoms with Gasteiger partial charge in [0.2, 0.25) is 5.91 Å². The Bertz CT molecular complexity index is 1330. The van der Waals surface area contributed by atoms with Gasteiger partial charge in [-0.3, -0.25) is 19.6 Å². The molecule has 2 atom stereocenters. The van der Waals surface area contributed by atoms with Crippen LogP contribution in [-0.2, 0) is 16.1 Å². The van der Waals surface area contributed by atoms with E-state index in [-0.39, 0.29) is 18.0 Å². The van der Waals surface area contributed by atoms with Gasteiger partial charge in [0.25, 0.3) is 11.8 Å². The number of rotatable bonds is 9. The van der Waals surface area contributed by atoms with Gasteiger partial charge in [0.15, 0.2) is 0 Å². The summed E-state index contributed by atoms with van der Waals surface area (Å²) in [5, 5.41) is 27.3. The van der Waals surface area contributed by atoms with Gasteiger partial charge in [0, 0.05) is 33.9 Å². The van der Waals surface area contributed by atoms with Crippen molar-refractivity contribution in [3.8, 4) is 11.8 Å². The van der Waals surface area contributed by atoms with Gasteiger partial charge in [-0.2, -0.15) is 0 Å². The second kappa shape index (κ2) is 13.9. The lowest BCUT2D eigenvalue weighted by molar-refractivity contribution is -0.133. The van der Waals surface area contributed by atoms with E-state index in [4.69, 9.17) is 16.8 Å². The quantitative estimate of drug-likeness (QED) is 0.142. The van der Waals surface area contributed by atoms with E-state index in [1.807, 2.05) is 18.2 Å². The molecule has 3 aromatic carbocycles. The van der Waals surface area contributed by atoms with Crippen LogP contribution < -0.4 is 21.4 Å². The van der Waals surface area contributed by atoms with E-state index < -0.39 is 24.0 Å². The fourth-order valence-electron chi connectivity index (χ4n) is 3.34. The van der Waals surface area contributed by atoms with Gasteiger partial charge >= 0.3 is 0 Å². The Labute approximate surface area is 225 Å². The maximum atomic E-state index is 12.4. The molecule has 0 unspecified atom stereocenters. The Morgan fingerprint density at radius 3 is 2.11 bits per heavy atom. The summed E-state index contributed by atoms with van der Waals surface area (Å²) in [7, 11) is 0. The first-order valence-corrected chi connectivity index (χ1v) is 12.0. The number of hydrogen-bond acceptors (Lipinski definition) is 6. The number of amides is 3. The molecule has 6 N–H and O–H groups in total. The first-order chi connectivity index (χ1) is 18.3. The Hall–Kier alpha value is -4.20. The molecule has 38 heavy (non-hydrogen) atoms. The molecule has 0 spiro atoms. The van der Waals surface area contributed by atoms with Gasteiger partial charge in [-0.25, -0.2) is 5.48 Å². The fourth-order valence-corrected chi connectivity index (χ4v) is 3.55. The average Bonchev–Trinajstić information content (AvgIpc) is 2.92. The molecule has 3 amide bonds.